The van der Waals surface area contributed by atoms with Crippen LogP contribution in [0, 0.1) is 0 Å². The van der Waals surface area contributed by atoms with Crippen LogP contribution >= 0.6 is 34.8 Å². The lowest BCUT2D eigenvalue weighted by atomic mass is 10.1. The fourth-order valence-corrected chi connectivity index (χ4v) is 6.87. The molecule has 0 N–H and O–H groups in total. The number of esters is 1. The molecule has 0 fully saturated rings. The number of benzene rings is 3. The number of furan rings is 1. The van der Waals surface area contributed by atoms with Crippen LogP contribution in [0.2, 0.25) is 15.1 Å². The molecule has 9 nitrogen and oxygen atoms in total. The Hall–Kier alpha value is -4.06. The van der Waals surface area contributed by atoms with E-state index in [-0.39, 0.29) is 52.2 Å². The van der Waals surface area contributed by atoms with E-state index in [1.54, 1.807) is 56.5 Å². The van der Waals surface area contributed by atoms with Crippen LogP contribution in [0.15, 0.2) is 105 Å². The average Bonchev–Trinajstić information content (AvgIpc) is 3.59. The maximum absolute atomic E-state index is 13.8. The molecule has 1 amide bonds. The molecule has 3 aromatic carbocycles. The lowest BCUT2D eigenvalue weighted by Gasteiger charge is -2.22. The molecule has 5 rings (SSSR count). The van der Waals surface area contributed by atoms with Crippen molar-refractivity contribution in [1.82, 2.24) is 9.21 Å². The molecule has 2 heterocycles. The van der Waals surface area contributed by atoms with E-state index < -0.39 is 21.9 Å². The van der Waals surface area contributed by atoms with Gasteiger partial charge in [-0.2, -0.15) is 4.31 Å². The van der Waals surface area contributed by atoms with Gasteiger partial charge in [-0.05, 0) is 84.8 Å². The average molecular weight is 716 g/mol. The van der Waals surface area contributed by atoms with Gasteiger partial charge in [-0.25, -0.2) is 13.2 Å². The summed E-state index contributed by atoms with van der Waals surface area (Å²) in [6.07, 6.45) is 1.45. The third-order valence-corrected chi connectivity index (χ3v) is 10.3. The fraction of sp³-hybridized carbons (Fsp3) is 0.176. The number of amides is 1. The van der Waals surface area contributed by atoms with E-state index in [9.17, 15) is 18.0 Å². The van der Waals surface area contributed by atoms with Gasteiger partial charge in [0, 0.05) is 17.3 Å². The number of nitrogens with zero attached hydrogens (tertiary/aromatic N) is 2. The lowest BCUT2D eigenvalue weighted by molar-refractivity contribution is -0.136. The molecule has 1 aliphatic rings. The first-order valence-electron chi connectivity index (χ1n) is 14.2. The molecule has 244 valence electrons. The van der Waals surface area contributed by atoms with E-state index in [1.807, 2.05) is 12.1 Å². The van der Waals surface area contributed by atoms with Gasteiger partial charge >= 0.3 is 5.97 Å². The number of ether oxygens (including phenoxy) is 2. The maximum Gasteiger partial charge on any atom is 0.340 e. The summed E-state index contributed by atoms with van der Waals surface area (Å²) >= 11 is 18.3. The number of carbonyl (C=O) groups excluding carboxylic acids is 2. The van der Waals surface area contributed by atoms with Crippen LogP contribution in [-0.4, -0.2) is 43.7 Å². The van der Waals surface area contributed by atoms with Crippen LogP contribution in [0.5, 0.6) is 5.75 Å². The SMILES string of the molecule is COC(=O)C1=C(C)N(Cc2ccc(OC)cc2)C(=O)/C1=C/c1ccc(CN(Cc2ccc(Cl)c(Cl)c2)S(=O)(=O)c2ccc(Cl)cc2)o1. The predicted molar refractivity (Wildman–Crippen MR) is 179 cm³/mol. The molecule has 0 spiro atoms. The van der Waals surface area contributed by atoms with Crippen LogP contribution in [0.1, 0.15) is 29.6 Å². The summed E-state index contributed by atoms with van der Waals surface area (Å²) in [5.74, 6) is 0.114. The van der Waals surface area contributed by atoms with Gasteiger partial charge in [0.2, 0.25) is 10.0 Å². The third kappa shape index (κ3) is 7.58. The molecule has 0 aliphatic carbocycles. The molecule has 0 saturated carbocycles. The monoisotopic (exact) mass is 714 g/mol. The van der Waals surface area contributed by atoms with Crippen molar-refractivity contribution in [3.05, 3.63) is 133 Å². The zero-order chi connectivity index (χ0) is 33.9. The van der Waals surface area contributed by atoms with Crippen molar-refractivity contribution in [3.63, 3.8) is 0 Å². The summed E-state index contributed by atoms with van der Waals surface area (Å²) in [5.41, 5.74) is 2.05. The summed E-state index contributed by atoms with van der Waals surface area (Å²) in [5, 5.41) is 1.01. The molecule has 0 unspecified atom stereocenters. The Morgan fingerprint density at radius 3 is 2.21 bits per heavy atom. The Morgan fingerprint density at radius 1 is 0.894 bits per heavy atom. The number of sulfonamides is 1. The summed E-state index contributed by atoms with van der Waals surface area (Å²) in [6, 6.07) is 21.1. The Kier molecular flexibility index (Phi) is 10.5. The van der Waals surface area contributed by atoms with Gasteiger partial charge in [-0.3, -0.25) is 4.79 Å². The number of rotatable bonds is 11. The van der Waals surface area contributed by atoms with Gasteiger partial charge in [0.1, 0.15) is 17.3 Å². The van der Waals surface area contributed by atoms with Crippen molar-refractivity contribution in [2.24, 2.45) is 0 Å². The smallest absolute Gasteiger partial charge is 0.340 e. The van der Waals surface area contributed by atoms with Crippen molar-refractivity contribution in [1.29, 1.82) is 0 Å². The number of carbonyl (C=O) groups is 2. The van der Waals surface area contributed by atoms with E-state index in [0.717, 1.165) is 5.56 Å². The van der Waals surface area contributed by atoms with Gasteiger partial charge in [-0.1, -0.05) is 53.0 Å². The normalized spacial score (nSPS) is 14.4. The molecule has 0 atom stereocenters. The standard InChI is InChI=1S/C34H29Cl3N2O7S/c1-21-32(34(41)45-3)29(33(40)39(21)19-22-4-9-25(44-2)10-5-22)17-26-11-12-27(46-26)20-38(18-23-6-15-30(36)31(37)16-23)47(42,43)28-13-7-24(35)8-14-28/h4-17H,18-20H2,1-3H3/b29-17+. The summed E-state index contributed by atoms with van der Waals surface area (Å²) in [7, 11) is -1.24. The molecule has 0 saturated heterocycles. The molecular formula is C34H29Cl3N2O7S. The number of hydrogen-bond donors (Lipinski definition) is 0. The first kappa shape index (κ1) is 34.3. The first-order chi connectivity index (χ1) is 22.4. The zero-order valence-corrected chi connectivity index (χ0v) is 28.6. The second-order valence-corrected chi connectivity index (χ2v) is 13.7. The van der Waals surface area contributed by atoms with Crippen molar-refractivity contribution in [2.75, 3.05) is 14.2 Å². The molecule has 47 heavy (non-hydrogen) atoms. The third-order valence-electron chi connectivity index (χ3n) is 7.50. The summed E-state index contributed by atoms with van der Waals surface area (Å²) in [4.78, 5) is 28.0. The van der Waals surface area contributed by atoms with Crippen molar-refractivity contribution in [2.45, 2.75) is 31.5 Å². The molecular weight excluding hydrogens is 687 g/mol. The van der Waals surface area contributed by atoms with Crippen molar-refractivity contribution in [3.8, 4) is 5.75 Å². The van der Waals surface area contributed by atoms with E-state index >= 15 is 0 Å². The van der Waals surface area contributed by atoms with E-state index in [0.29, 0.717) is 27.1 Å². The molecule has 1 aromatic heterocycles. The highest BCUT2D eigenvalue weighted by Crippen LogP contribution is 2.34. The summed E-state index contributed by atoms with van der Waals surface area (Å²) < 4.78 is 45.1. The van der Waals surface area contributed by atoms with Gasteiger partial charge in [0.25, 0.3) is 5.91 Å². The highest BCUT2D eigenvalue weighted by Gasteiger charge is 2.37. The molecule has 4 aromatic rings. The Labute approximate surface area is 287 Å². The van der Waals surface area contributed by atoms with Crippen LogP contribution in [0.25, 0.3) is 6.08 Å². The van der Waals surface area contributed by atoms with E-state index in [1.165, 1.54) is 46.7 Å². The Morgan fingerprint density at radius 2 is 1.57 bits per heavy atom. The highest BCUT2D eigenvalue weighted by atomic mass is 35.5. The van der Waals surface area contributed by atoms with Crippen LogP contribution in [0.3, 0.4) is 0 Å². The molecule has 0 bridgehead atoms. The van der Waals surface area contributed by atoms with Gasteiger partial charge in [-0.15, -0.1) is 0 Å². The second-order valence-electron chi connectivity index (χ2n) is 10.5. The lowest BCUT2D eigenvalue weighted by Crippen LogP contribution is -2.30. The fourth-order valence-electron chi connectivity index (χ4n) is 5.03. The summed E-state index contributed by atoms with van der Waals surface area (Å²) in [6.45, 7) is 1.67. The van der Waals surface area contributed by atoms with E-state index in [2.05, 4.69) is 0 Å². The largest absolute Gasteiger partial charge is 0.497 e. The number of methoxy groups -OCH3 is 2. The molecule has 0 radical (unpaired) electrons. The number of allylic oxidation sites excluding steroid dienone is 1. The number of halogens is 3. The molecule has 1 aliphatic heterocycles. The van der Waals surface area contributed by atoms with Gasteiger partial charge in [0.15, 0.2) is 0 Å². The van der Waals surface area contributed by atoms with Crippen LogP contribution in [-0.2, 0) is 44.0 Å². The minimum atomic E-state index is -4.05. The van der Waals surface area contributed by atoms with Gasteiger partial charge < -0.3 is 18.8 Å². The minimum absolute atomic E-state index is 0.0349. The van der Waals surface area contributed by atoms with Crippen LogP contribution in [0.4, 0.5) is 0 Å². The topological polar surface area (TPSA) is 106 Å². The quantitative estimate of drug-likeness (QED) is 0.117. The zero-order valence-electron chi connectivity index (χ0n) is 25.5. The van der Waals surface area contributed by atoms with Gasteiger partial charge in [0.05, 0.1) is 53.4 Å². The highest BCUT2D eigenvalue weighted by molar-refractivity contribution is 7.89. The maximum atomic E-state index is 13.8. The number of hydrogen-bond acceptors (Lipinski definition) is 7. The van der Waals surface area contributed by atoms with E-state index in [4.69, 9.17) is 48.7 Å². The second kappa shape index (κ2) is 14.4. The first-order valence-corrected chi connectivity index (χ1v) is 16.7. The Balaban J connectivity index is 1.45. The minimum Gasteiger partial charge on any atom is -0.497 e. The predicted octanol–water partition coefficient (Wildman–Crippen LogP) is 7.51. The van der Waals surface area contributed by atoms with Crippen molar-refractivity contribution >= 4 is 62.8 Å². The Bertz CT molecular complexity index is 1990. The molecule has 13 heteroatoms. The van der Waals surface area contributed by atoms with Crippen molar-refractivity contribution < 1.29 is 31.9 Å². The van der Waals surface area contributed by atoms with Crippen LogP contribution < -0.4 is 4.74 Å².